The van der Waals surface area contributed by atoms with Gasteiger partial charge in [0.1, 0.15) is 5.82 Å². The largest absolute Gasteiger partial charge is 0.335 e. The Bertz CT molecular complexity index is 462. The van der Waals surface area contributed by atoms with Crippen molar-refractivity contribution in [3.63, 3.8) is 0 Å². The topological polar surface area (TPSA) is 20.3 Å². The van der Waals surface area contributed by atoms with Gasteiger partial charge in [0, 0.05) is 22.5 Å². The zero-order valence-corrected chi connectivity index (χ0v) is 10.8. The van der Waals surface area contributed by atoms with E-state index in [0.29, 0.717) is 23.2 Å². The highest BCUT2D eigenvalue weighted by Gasteiger charge is 2.40. The van der Waals surface area contributed by atoms with Crippen molar-refractivity contribution in [3.05, 3.63) is 34.6 Å². The molecule has 96 valence electrons. The monoisotopic (exact) mass is 267 g/mol. The number of hydrogen-bond donors (Lipinski definition) is 0. The molecule has 0 bridgehead atoms. The number of carbonyl (C=O) groups is 1. The minimum Gasteiger partial charge on any atom is -0.335 e. The molecule has 0 radical (unpaired) electrons. The molecule has 1 amide bonds. The van der Waals surface area contributed by atoms with Gasteiger partial charge < -0.3 is 4.90 Å². The normalized spacial score (nSPS) is 18.8. The summed E-state index contributed by atoms with van der Waals surface area (Å²) in [5.74, 6) is 0.0321. The molecule has 0 aliphatic heterocycles. The van der Waals surface area contributed by atoms with Gasteiger partial charge >= 0.3 is 0 Å². The van der Waals surface area contributed by atoms with Crippen LogP contribution in [-0.2, 0) is 11.3 Å². The summed E-state index contributed by atoms with van der Waals surface area (Å²) in [5, 5.41) is 0.407. The third-order valence-corrected chi connectivity index (χ3v) is 3.94. The number of nitrogens with zero attached hydrogens (tertiary/aromatic N) is 1. The van der Waals surface area contributed by atoms with E-state index in [0.717, 1.165) is 25.7 Å². The Morgan fingerprint density at radius 2 is 2.06 bits per heavy atom. The molecule has 2 aliphatic carbocycles. The van der Waals surface area contributed by atoms with Crippen LogP contribution in [0.5, 0.6) is 0 Å². The predicted octanol–water partition coefficient (Wildman–Crippen LogP) is 3.38. The third kappa shape index (κ3) is 2.37. The molecule has 2 aliphatic rings. The molecule has 3 rings (SSSR count). The molecule has 2 nitrogen and oxygen atoms in total. The van der Waals surface area contributed by atoms with Gasteiger partial charge in [0.05, 0.1) is 6.54 Å². The van der Waals surface area contributed by atoms with Crippen LogP contribution in [0, 0.1) is 11.7 Å². The Morgan fingerprint density at radius 3 is 2.61 bits per heavy atom. The zero-order chi connectivity index (χ0) is 12.7. The van der Waals surface area contributed by atoms with Crippen LogP contribution in [0.3, 0.4) is 0 Å². The maximum Gasteiger partial charge on any atom is 0.226 e. The lowest BCUT2D eigenvalue weighted by atomic mass is 10.2. The first-order valence-corrected chi connectivity index (χ1v) is 6.78. The van der Waals surface area contributed by atoms with Crippen molar-refractivity contribution in [2.24, 2.45) is 5.92 Å². The predicted molar refractivity (Wildman–Crippen MR) is 67.7 cm³/mol. The van der Waals surface area contributed by atoms with E-state index in [9.17, 15) is 9.18 Å². The standard InChI is InChI=1S/C14H15ClFNO/c15-12-2-1-3-13(16)11(12)8-17(10-6-7-10)14(18)9-4-5-9/h1-3,9-10H,4-8H2. The van der Waals surface area contributed by atoms with Crippen molar-refractivity contribution in [1.82, 2.24) is 4.90 Å². The molecule has 0 N–H and O–H groups in total. The van der Waals surface area contributed by atoms with E-state index in [2.05, 4.69) is 0 Å². The first-order chi connectivity index (χ1) is 8.66. The van der Waals surface area contributed by atoms with Gasteiger partial charge in [-0.15, -0.1) is 0 Å². The van der Waals surface area contributed by atoms with E-state index in [4.69, 9.17) is 11.6 Å². The number of hydrogen-bond acceptors (Lipinski definition) is 1. The third-order valence-electron chi connectivity index (χ3n) is 3.59. The quantitative estimate of drug-likeness (QED) is 0.819. The summed E-state index contributed by atoms with van der Waals surface area (Å²) in [6.07, 6.45) is 4.02. The molecule has 0 atom stereocenters. The summed E-state index contributed by atoms with van der Waals surface area (Å²) >= 11 is 6.02. The van der Waals surface area contributed by atoms with Crippen LogP contribution in [0.15, 0.2) is 18.2 Å². The molecule has 0 unspecified atom stereocenters. The summed E-state index contributed by atoms with van der Waals surface area (Å²) in [6.45, 7) is 0.311. The van der Waals surface area contributed by atoms with Crippen molar-refractivity contribution in [2.45, 2.75) is 38.3 Å². The minimum atomic E-state index is -0.322. The van der Waals surface area contributed by atoms with Crippen LogP contribution in [0.4, 0.5) is 4.39 Å². The van der Waals surface area contributed by atoms with Crippen LogP contribution in [0.25, 0.3) is 0 Å². The van der Waals surface area contributed by atoms with Crippen LogP contribution in [0.1, 0.15) is 31.2 Å². The zero-order valence-electron chi connectivity index (χ0n) is 10.0. The lowest BCUT2D eigenvalue weighted by Crippen LogP contribution is -2.34. The van der Waals surface area contributed by atoms with Crippen molar-refractivity contribution in [2.75, 3.05) is 0 Å². The van der Waals surface area contributed by atoms with Crippen LogP contribution < -0.4 is 0 Å². The van der Waals surface area contributed by atoms with Crippen LogP contribution >= 0.6 is 11.6 Å². The highest BCUT2D eigenvalue weighted by atomic mass is 35.5. The minimum absolute atomic E-state index is 0.177. The fourth-order valence-electron chi connectivity index (χ4n) is 2.19. The van der Waals surface area contributed by atoms with E-state index < -0.39 is 0 Å². The molecular formula is C14H15ClFNO. The molecule has 0 spiro atoms. The van der Waals surface area contributed by atoms with E-state index in [1.165, 1.54) is 6.07 Å². The van der Waals surface area contributed by atoms with Crippen molar-refractivity contribution in [3.8, 4) is 0 Å². The van der Waals surface area contributed by atoms with Gasteiger partial charge in [0.25, 0.3) is 0 Å². The molecule has 0 saturated heterocycles. The van der Waals surface area contributed by atoms with Crippen molar-refractivity contribution < 1.29 is 9.18 Å². The highest BCUT2D eigenvalue weighted by Crippen LogP contribution is 2.37. The number of benzene rings is 1. The van der Waals surface area contributed by atoms with Gasteiger partial charge in [-0.25, -0.2) is 4.39 Å². The second kappa shape index (κ2) is 4.54. The highest BCUT2D eigenvalue weighted by molar-refractivity contribution is 6.31. The summed E-state index contributed by atoms with van der Waals surface area (Å²) in [7, 11) is 0. The second-order valence-electron chi connectivity index (χ2n) is 5.17. The lowest BCUT2D eigenvalue weighted by Gasteiger charge is -2.23. The van der Waals surface area contributed by atoms with Gasteiger partial charge in [-0.2, -0.15) is 0 Å². The maximum atomic E-state index is 13.8. The van der Waals surface area contributed by atoms with Crippen molar-refractivity contribution in [1.29, 1.82) is 0 Å². The molecule has 1 aromatic carbocycles. The van der Waals surface area contributed by atoms with E-state index >= 15 is 0 Å². The Hall–Kier alpha value is -1.09. The average Bonchev–Trinajstić information content (AvgIpc) is 3.18. The molecule has 2 saturated carbocycles. The fourth-order valence-corrected chi connectivity index (χ4v) is 2.41. The van der Waals surface area contributed by atoms with Gasteiger partial charge in [-0.05, 0) is 37.8 Å². The lowest BCUT2D eigenvalue weighted by molar-refractivity contribution is -0.133. The number of rotatable bonds is 4. The smallest absolute Gasteiger partial charge is 0.226 e. The van der Waals surface area contributed by atoms with Gasteiger partial charge in [-0.1, -0.05) is 17.7 Å². The van der Waals surface area contributed by atoms with Crippen LogP contribution in [-0.4, -0.2) is 16.8 Å². The van der Waals surface area contributed by atoms with E-state index in [1.807, 2.05) is 4.90 Å². The van der Waals surface area contributed by atoms with E-state index in [1.54, 1.807) is 12.1 Å². The molecule has 1 aromatic rings. The summed E-state index contributed by atoms with van der Waals surface area (Å²) in [4.78, 5) is 14.0. The Balaban J connectivity index is 1.81. The Morgan fingerprint density at radius 1 is 1.33 bits per heavy atom. The molecular weight excluding hydrogens is 253 g/mol. The summed E-state index contributed by atoms with van der Waals surface area (Å²) < 4.78 is 13.8. The number of halogens is 2. The fraction of sp³-hybridized carbons (Fsp3) is 0.500. The Labute approximate surface area is 111 Å². The van der Waals surface area contributed by atoms with E-state index in [-0.39, 0.29) is 17.6 Å². The average molecular weight is 268 g/mol. The maximum absolute atomic E-state index is 13.8. The van der Waals surface area contributed by atoms with Gasteiger partial charge in [0.2, 0.25) is 5.91 Å². The van der Waals surface area contributed by atoms with Crippen molar-refractivity contribution >= 4 is 17.5 Å². The molecule has 0 aromatic heterocycles. The molecule has 2 fully saturated rings. The Kier molecular flexibility index (Phi) is 3.02. The SMILES string of the molecule is O=C(C1CC1)N(Cc1c(F)cccc1Cl)C1CC1. The van der Waals surface area contributed by atoms with Gasteiger partial charge in [0.15, 0.2) is 0 Å². The second-order valence-corrected chi connectivity index (χ2v) is 5.58. The number of carbonyl (C=O) groups excluding carboxylic acids is 1. The van der Waals surface area contributed by atoms with Gasteiger partial charge in [-0.3, -0.25) is 4.79 Å². The molecule has 18 heavy (non-hydrogen) atoms. The number of amides is 1. The summed E-state index contributed by atoms with van der Waals surface area (Å²) in [6, 6.07) is 4.96. The molecule has 4 heteroatoms. The van der Waals surface area contributed by atoms with Crippen LogP contribution in [0.2, 0.25) is 5.02 Å². The first-order valence-electron chi connectivity index (χ1n) is 6.40. The first kappa shape index (κ1) is 12.0. The summed E-state index contributed by atoms with van der Waals surface area (Å²) in [5.41, 5.74) is 0.445. The molecule has 0 heterocycles.